The molecule has 6 nitrogen and oxygen atoms in total. The molecule has 0 amide bonds. The maximum absolute atomic E-state index is 10.7. The predicted molar refractivity (Wildman–Crippen MR) is 92.0 cm³/mol. The van der Waals surface area contributed by atoms with Gasteiger partial charge in [0.2, 0.25) is 0 Å². The highest BCUT2D eigenvalue weighted by atomic mass is 32.1. The van der Waals surface area contributed by atoms with E-state index in [9.17, 15) is 10.1 Å². The normalized spacial score (nSPS) is 9.91. The maximum Gasteiger partial charge on any atom is 0.271 e. The first-order valence-corrected chi connectivity index (χ1v) is 7.01. The number of hydrogen-bond acceptors (Lipinski definition) is 4. The number of thiocarbonyl (C=S) groups is 1. The molecule has 0 radical (unpaired) electrons. The molecule has 0 unspecified atom stereocenters. The van der Waals surface area contributed by atoms with Gasteiger partial charge in [-0.3, -0.25) is 21.0 Å². The molecular weight excluding hydrogens is 300 g/mol. The number of hydrogen-bond donors (Lipinski definition) is 3. The predicted octanol–water partition coefficient (Wildman–Crippen LogP) is 3.53. The number of nitro benzene ring substituents is 1. The van der Waals surface area contributed by atoms with Gasteiger partial charge in [-0.2, -0.15) is 0 Å². The molecule has 0 bridgehead atoms. The van der Waals surface area contributed by atoms with E-state index in [1.54, 1.807) is 12.1 Å². The molecule has 0 saturated carbocycles. The minimum atomic E-state index is -0.448. The SMILES string of the molecule is Cc1ccc(NC(=S)NNc2cccc([N+](=O)[O-])c2)cc1C. The van der Waals surface area contributed by atoms with E-state index in [4.69, 9.17) is 12.2 Å². The molecule has 0 fully saturated rings. The van der Waals surface area contributed by atoms with Crippen molar-refractivity contribution in [1.29, 1.82) is 0 Å². The van der Waals surface area contributed by atoms with Crippen LogP contribution in [0.4, 0.5) is 17.1 Å². The van der Waals surface area contributed by atoms with Crippen molar-refractivity contribution in [1.82, 2.24) is 5.43 Å². The highest BCUT2D eigenvalue weighted by Gasteiger charge is 2.05. The summed E-state index contributed by atoms with van der Waals surface area (Å²) in [5.74, 6) is 0. The van der Waals surface area contributed by atoms with E-state index in [0.29, 0.717) is 10.8 Å². The summed E-state index contributed by atoms with van der Waals surface area (Å²) >= 11 is 5.18. The van der Waals surface area contributed by atoms with Crippen LogP contribution in [-0.2, 0) is 0 Å². The van der Waals surface area contributed by atoms with Crippen LogP contribution in [0.15, 0.2) is 42.5 Å². The topological polar surface area (TPSA) is 79.2 Å². The second-order valence-corrected chi connectivity index (χ2v) is 5.22. The lowest BCUT2D eigenvalue weighted by atomic mass is 10.1. The third-order valence-electron chi connectivity index (χ3n) is 3.14. The molecule has 2 aromatic carbocycles. The van der Waals surface area contributed by atoms with Crippen molar-refractivity contribution in [3.63, 3.8) is 0 Å². The number of hydrazine groups is 1. The summed E-state index contributed by atoms with van der Waals surface area (Å²) in [4.78, 5) is 10.3. The fraction of sp³-hybridized carbons (Fsp3) is 0.133. The first kappa shape index (κ1) is 15.7. The standard InChI is InChI=1S/C15H16N4O2S/c1-10-6-7-12(8-11(10)2)16-15(22)18-17-13-4-3-5-14(9-13)19(20)21/h3-9,17H,1-2H3,(H2,16,18,22). The molecule has 7 heteroatoms. The van der Waals surface area contributed by atoms with Gasteiger partial charge in [-0.1, -0.05) is 12.1 Å². The van der Waals surface area contributed by atoms with Crippen LogP contribution in [-0.4, -0.2) is 10.0 Å². The van der Waals surface area contributed by atoms with E-state index < -0.39 is 4.92 Å². The van der Waals surface area contributed by atoms with Gasteiger partial charge in [0.25, 0.3) is 5.69 Å². The molecule has 0 spiro atoms. The van der Waals surface area contributed by atoms with Crippen LogP contribution < -0.4 is 16.2 Å². The number of nitrogens with one attached hydrogen (secondary N) is 3. The summed E-state index contributed by atoms with van der Waals surface area (Å²) in [5, 5.41) is 14.1. The van der Waals surface area contributed by atoms with Gasteiger partial charge in [-0.25, -0.2) is 0 Å². The highest BCUT2D eigenvalue weighted by Crippen LogP contribution is 2.16. The largest absolute Gasteiger partial charge is 0.331 e. The molecule has 0 aromatic heterocycles. The lowest BCUT2D eigenvalue weighted by Crippen LogP contribution is -2.33. The summed E-state index contributed by atoms with van der Waals surface area (Å²) in [5.41, 5.74) is 9.44. The number of nitrogens with zero attached hydrogens (tertiary/aromatic N) is 1. The second-order valence-electron chi connectivity index (χ2n) is 4.81. The molecule has 114 valence electrons. The zero-order valence-electron chi connectivity index (χ0n) is 12.2. The smallest absolute Gasteiger partial charge is 0.271 e. The molecule has 2 aromatic rings. The van der Waals surface area contributed by atoms with Gasteiger partial charge < -0.3 is 5.32 Å². The van der Waals surface area contributed by atoms with Crippen LogP contribution in [0.3, 0.4) is 0 Å². The maximum atomic E-state index is 10.7. The van der Waals surface area contributed by atoms with Crippen LogP contribution in [0.5, 0.6) is 0 Å². The van der Waals surface area contributed by atoms with Crippen molar-refractivity contribution in [2.45, 2.75) is 13.8 Å². The van der Waals surface area contributed by atoms with Crippen molar-refractivity contribution in [2.75, 3.05) is 10.7 Å². The molecular formula is C15H16N4O2S. The van der Waals surface area contributed by atoms with Gasteiger partial charge in [-0.15, -0.1) is 0 Å². The molecule has 3 N–H and O–H groups in total. The van der Waals surface area contributed by atoms with Crippen LogP contribution in [0, 0.1) is 24.0 Å². The van der Waals surface area contributed by atoms with Crippen LogP contribution >= 0.6 is 12.2 Å². The molecule has 0 atom stereocenters. The summed E-state index contributed by atoms with van der Waals surface area (Å²) in [6, 6.07) is 12.1. The number of nitro groups is 1. The van der Waals surface area contributed by atoms with Crippen molar-refractivity contribution in [2.24, 2.45) is 0 Å². The van der Waals surface area contributed by atoms with Gasteiger partial charge in [-0.05, 0) is 55.4 Å². The lowest BCUT2D eigenvalue weighted by Gasteiger charge is -2.13. The van der Waals surface area contributed by atoms with Gasteiger partial charge in [0, 0.05) is 17.8 Å². The number of benzene rings is 2. The first-order valence-electron chi connectivity index (χ1n) is 6.60. The average Bonchev–Trinajstić information content (AvgIpc) is 2.49. The van der Waals surface area contributed by atoms with Crippen molar-refractivity contribution >= 4 is 34.4 Å². The summed E-state index contributed by atoms with van der Waals surface area (Å²) < 4.78 is 0. The van der Waals surface area contributed by atoms with Gasteiger partial charge >= 0.3 is 0 Å². The van der Waals surface area contributed by atoms with E-state index in [1.807, 2.05) is 32.0 Å². The third-order valence-corrected chi connectivity index (χ3v) is 3.35. The van der Waals surface area contributed by atoms with Crippen molar-refractivity contribution in [3.8, 4) is 0 Å². The van der Waals surface area contributed by atoms with Gasteiger partial charge in [0.15, 0.2) is 5.11 Å². The fourth-order valence-electron chi connectivity index (χ4n) is 1.81. The summed E-state index contributed by atoms with van der Waals surface area (Å²) in [7, 11) is 0. The Bertz CT molecular complexity index is 718. The van der Waals surface area contributed by atoms with Crippen molar-refractivity contribution in [3.05, 3.63) is 63.7 Å². The summed E-state index contributed by atoms with van der Waals surface area (Å²) in [6.45, 7) is 4.07. The van der Waals surface area contributed by atoms with E-state index in [1.165, 1.54) is 23.3 Å². The molecule has 0 saturated heterocycles. The van der Waals surface area contributed by atoms with Gasteiger partial charge in [0.05, 0.1) is 10.6 Å². The second kappa shape index (κ2) is 6.86. The zero-order chi connectivity index (χ0) is 16.1. The van der Waals surface area contributed by atoms with Crippen LogP contribution in [0.25, 0.3) is 0 Å². The average molecular weight is 316 g/mol. The fourth-order valence-corrected chi connectivity index (χ4v) is 1.98. The zero-order valence-corrected chi connectivity index (χ0v) is 13.0. The molecule has 22 heavy (non-hydrogen) atoms. The van der Waals surface area contributed by atoms with E-state index >= 15 is 0 Å². The van der Waals surface area contributed by atoms with E-state index in [0.717, 1.165) is 5.69 Å². The Balaban J connectivity index is 1.94. The molecule has 0 aliphatic carbocycles. The molecule has 0 aliphatic heterocycles. The van der Waals surface area contributed by atoms with E-state index in [-0.39, 0.29) is 5.69 Å². The highest BCUT2D eigenvalue weighted by molar-refractivity contribution is 7.80. The third kappa shape index (κ3) is 4.16. The number of non-ortho nitro benzene ring substituents is 1. The Morgan fingerprint density at radius 3 is 2.55 bits per heavy atom. The van der Waals surface area contributed by atoms with Crippen LogP contribution in [0.1, 0.15) is 11.1 Å². The summed E-state index contributed by atoms with van der Waals surface area (Å²) in [6.07, 6.45) is 0. The lowest BCUT2D eigenvalue weighted by molar-refractivity contribution is -0.384. The number of rotatable bonds is 4. The number of anilines is 2. The quantitative estimate of drug-likeness (QED) is 0.455. The molecule has 0 aliphatic rings. The number of aryl methyl sites for hydroxylation is 2. The Morgan fingerprint density at radius 1 is 1.09 bits per heavy atom. The minimum absolute atomic E-state index is 0.0137. The van der Waals surface area contributed by atoms with Gasteiger partial charge in [0.1, 0.15) is 0 Å². The Hall–Kier alpha value is -2.67. The Labute approximate surface area is 133 Å². The molecule has 0 heterocycles. The Kier molecular flexibility index (Phi) is 4.90. The van der Waals surface area contributed by atoms with E-state index in [2.05, 4.69) is 16.2 Å². The monoisotopic (exact) mass is 316 g/mol. The van der Waals surface area contributed by atoms with Crippen molar-refractivity contribution < 1.29 is 4.92 Å². The Morgan fingerprint density at radius 2 is 1.86 bits per heavy atom. The van der Waals surface area contributed by atoms with Crippen LogP contribution in [0.2, 0.25) is 0 Å². The molecule has 2 rings (SSSR count). The minimum Gasteiger partial charge on any atom is -0.331 e. The first-order chi connectivity index (χ1) is 10.5.